The number of aromatic nitrogens is 2. The van der Waals surface area contributed by atoms with Gasteiger partial charge in [0, 0.05) is 65.7 Å². The quantitative estimate of drug-likeness (QED) is 0.0547. The number of pyridine rings is 2. The number of benzene rings is 9. The molecule has 0 bridgehead atoms. The number of methoxy groups -OCH3 is 2. The van der Waals surface area contributed by atoms with Crippen molar-refractivity contribution in [3.05, 3.63) is 291 Å². The highest BCUT2D eigenvalue weighted by Crippen LogP contribution is 2.39. The Morgan fingerprint density at radius 2 is 0.882 bits per heavy atom. The van der Waals surface area contributed by atoms with Gasteiger partial charge >= 0.3 is 0 Å². The molecule has 11 aromatic rings. The number of Topliss-reactive ketones (excluding diaryl/α,β-unsaturated/α-hetero) is 2. The largest absolute Gasteiger partial charge is 0.505 e. The first-order valence-electron chi connectivity index (χ1n) is 29.0. The molecule has 0 aliphatic carbocycles. The standard InChI is InChI=1S/C34H29FN2O5.C17H14ClNO2.C17H16FNO3.C6H5Br.CH4/c1-40-32-20-26-28(21-33(32)41-22-24-10-6-3-7-11-24)36-17-15-30(26)42-31-13-12-25(18-27(31)35)19-29(38)34(39)37-16-14-23-8-4-2-5-9-23;1-20-16-9-13-14(18)7-8-19-15(13)10-17(16)21-11-12-5-3-2-4-6-12;18-14-10-13(6-7-15(14)20)11-16(21)17(22)19-9-8-12-4-2-1-3-5-12;7-6-4-2-1-3-5-6;/h2-13,15,17-18,20-21H,14,16,19,22H2,1H3,(H,37,39);2-10H,11H2,1H3;1-7,10,20H,8-9,11H2,(H,19,22);1-5H;1H4. The fourth-order valence-electron chi connectivity index (χ4n) is 8.94. The van der Waals surface area contributed by atoms with Crippen molar-refractivity contribution in [3.63, 3.8) is 0 Å². The van der Waals surface area contributed by atoms with E-state index in [0.29, 0.717) is 94.9 Å². The van der Waals surface area contributed by atoms with Crippen molar-refractivity contribution in [2.75, 3.05) is 27.3 Å². The summed E-state index contributed by atoms with van der Waals surface area (Å²) in [5.74, 6) is -2.00. The number of rotatable bonds is 22. The molecular formula is C75H68BrClF2N4O10. The first-order valence-corrected chi connectivity index (χ1v) is 30.2. The molecule has 0 spiro atoms. The third-order valence-electron chi connectivity index (χ3n) is 13.7. The van der Waals surface area contributed by atoms with E-state index >= 15 is 4.39 Å². The summed E-state index contributed by atoms with van der Waals surface area (Å²) in [6.07, 6.45) is 4.06. The summed E-state index contributed by atoms with van der Waals surface area (Å²) in [5.41, 5.74) is 6.30. The molecule has 11 rings (SSSR count). The number of ketones is 2. The first-order chi connectivity index (χ1) is 44.7. The van der Waals surface area contributed by atoms with E-state index in [0.717, 1.165) is 49.8 Å². The topological polar surface area (TPSA) is 184 Å². The second kappa shape index (κ2) is 36.4. The Bertz CT molecular complexity index is 4220. The van der Waals surface area contributed by atoms with E-state index in [1.165, 1.54) is 25.3 Å². The SMILES string of the molecule is Brc1ccccc1.C.COc1cc2c(Cl)ccnc2cc1OCc1ccccc1.COc1cc2c(Oc3ccc(CC(=O)C(=O)NCCc4ccccc4)cc3F)ccnc2cc1OCc1ccccc1.O=C(Cc1ccc(O)c(F)c1)C(=O)NCCc1ccccc1. The van der Waals surface area contributed by atoms with Crippen molar-refractivity contribution in [2.24, 2.45) is 0 Å². The van der Waals surface area contributed by atoms with Crippen molar-refractivity contribution < 1.29 is 56.7 Å². The molecule has 0 radical (unpaired) electrons. The molecule has 14 nitrogen and oxygen atoms in total. The number of phenolic OH excluding ortho intramolecular Hbond substituents is 1. The van der Waals surface area contributed by atoms with Crippen LogP contribution in [-0.2, 0) is 58.1 Å². The third kappa shape index (κ3) is 21.9. The van der Waals surface area contributed by atoms with E-state index in [9.17, 15) is 23.6 Å². The van der Waals surface area contributed by atoms with Crippen molar-refractivity contribution >= 4 is 72.7 Å². The van der Waals surface area contributed by atoms with Gasteiger partial charge in [0.05, 0.1) is 30.3 Å². The van der Waals surface area contributed by atoms with Gasteiger partial charge in [0.15, 0.2) is 46.1 Å². The molecule has 2 aromatic heterocycles. The van der Waals surface area contributed by atoms with Crippen LogP contribution < -0.4 is 34.3 Å². The number of ether oxygens (including phenoxy) is 5. The maximum Gasteiger partial charge on any atom is 0.287 e. The van der Waals surface area contributed by atoms with Gasteiger partial charge in [-0.15, -0.1) is 0 Å². The third-order valence-corrected chi connectivity index (χ3v) is 14.6. The van der Waals surface area contributed by atoms with Crippen molar-refractivity contribution in [3.8, 4) is 40.2 Å². The molecule has 3 N–H and O–H groups in total. The van der Waals surface area contributed by atoms with Gasteiger partial charge in [-0.1, -0.05) is 187 Å². The fraction of sp³-hybridized carbons (Fsp3) is 0.147. The van der Waals surface area contributed by atoms with Crippen LogP contribution in [-0.4, -0.2) is 65.8 Å². The lowest BCUT2D eigenvalue weighted by Crippen LogP contribution is -2.33. The summed E-state index contributed by atoms with van der Waals surface area (Å²) in [5, 5.41) is 16.3. The predicted octanol–water partition coefficient (Wildman–Crippen LogP) is 15.8. The number of halogens is 4. The normalized spacial score (nSPS) is 10.3. The number of phenols is 1. The number of hydrogen-bond acceptors (Lipinski definition) is 12. The number of carbonyl (C=O) groups is 4. The average Bonchev–Trinajstić information content (AvgIpc) is 0.836. The monoisotopic (exact) mass is 1340 g/mol. The number of hydrogen-bond donors (Lipinski definition) is 3. The zero-order chi connectivity index (χ0) is 65.0. The lowest BCUT2D eigenvalue weighted by atomic mass is 10.1. The molecule has 2 heterocycles. The molecule has 18 heteroatoms. The second-order valence-corrected chi connectivity index (χ2v) is 21.6. The van der Waals surface area contributed by atoms with E-state index in [1.54, 1.807) is 49.8 Å². The highest BCUT2D eigenvalue weighted by molar-refractivity contribution is 9.10. The lowest BCUT2D eigenvalue weighted by Gasteiger charge is -2.14. The molecule has 0 unspecified atom stereocenters. The number of carbonyl (C=O) groups excluding carboxylic acids is 4. The van der Waals surface area contributed by atoms with Gasteiger partial charge in [0.25, 0.3) is 11.8 Å². The lowest BCUT2D eigenvalue weighted by molar-refractivity contribution is -0.137. The maximum absolute atomic E-state index is 15.1. The van der Waals surface area contributed by atoms with Crippen LogP contribution in [0.25, 0.3) is 21.8 Å². The molecule has 93 heavy (non-hydrogen) atoms. The highest BCUT2D eigenvalue weighted by Gasteiger charge is 2.19. The van der Waals surface area contributed by atoms with Crippen LogP contribution in [0.1, 0.15) is 40.8 Å². The first kappa shape index (κ1) is 70.0. The number of amides is 2. The minimum atomic E-state index is -0.810. The van der Waals surface area contributed by atoms with E-state index in [4.69, 9.17) is 40.4 Å². The number of aromatic hydroxyl groups is 1. The smallest absolute Gasteiger partial charge is 0.287 e. The Labute approximate surface area is 552 Å². The predicted molar refractivity (Wildman–Crippen MR) is 362 cm³/mol. The zero-order valence-corrected chi connectivity index (χ0v) is 52.5. The summed E-state index contributed by atoms with van der Waals surface area (Å²) in [7, 11) is 3.15. The van der Waals surface area contributed by atoms with Crippen LogP contribution in [0.2, 0.25) is 5.02 Å². The van der Waals surface area contributed by atoms with E-state index < -0.39 is 40.8 Å². The van der Waals surface area contributed by atoms with Crippen molar-refractivity contribution in [2.45, 2.75) is 46.3 Å². The molecule has 0 aliphatic rings. The minimum Gasteiger partial charge on any atom is -0.505 e. The molecule has 0 atom stereocenters. The highest BCUT2D eigenvalue weighted by atomic mass is 79.9. The molecule has 9 aromatic carbocycles. The van der Waals surface area contributed by atoms with Crippen molar-refractivity contribution in [1.82, 2.24) is 20.6 Å². The summed E-state index contributed by atoms with van der Waals surface area (Å²) in [6, 6.07) is 67.3. The van der Waals surface area contributed by atoms with E-state index in [-0.39, 0.29) is 26.0 Å². The zero-order valence-electron chi connectivity index (χ0n) is 50.2. The van der Waals surface area contributed by atoms with Crippen LogP contribution in [0.5, 0.6) is 40.2 Å². The van der Waals surface area contributed by atoms with Crippen LogP contribution in [0.15, 0.2) is 241 Å². The molecule has 0 saturated heterocycles. The van der Waals surface area contributed by atoms with Crippen LogP contribution in [0.4, 0.5) is 8.78 Å². The average molecular weight is 1340 g/mol. The van der Waals surface area contributed by atoms with E-state index in [1.807, 2.05) is 164 Å². The molecule has 0 aliphatic heterocycles. The molecule has 476 valence electrons. The Kier molecular flexibility index (Phi) is 27.4. The van der Waals surface area contributed by atoms with Gasteiger partial charge < -0.3 is 39.4 Å². The van der Waals surface area contributed by atoms with E-state index in [2.05, 4.69) is 36.5 Å². The summed E-state index contributed by atoms with van der Waals surface area (Å²) < 4.78 is 58.0. The Morgan fingerprint density at radius 1 is 0.462 bits per heavy atom. The maximum atomic E-state index is 15.1. The van der Waals surface area contributed by atoms with Crippen LogP contribution in [0.3, 0.4) is 0 Å². The molecule has 2 amide bonds. The summed E-state index contributed by atoms with van der Waals surface area (Å²) in [6.45, 7) is 1.52. The number of fused-ring (bicyclic) bond motifs is 2. The summed E-state index contributed by atoms with van der Waals surface area (Å²) in [4.78, 5) is 56.8. The fourth-order valence-corrected chi connectivity index (χ4v) is 9.45. The molecule has 0 saturated carbocycles. The Morgan fingerprint density at radius 3 is 1.32 bits per heavy atom. The van der Waals surface area contributed by atoms with Crippen LogP contribution >= 0.6 is 27.5 Å². The minimum absolute atomic E-state index is 0. The van der Waals surface area contributed by atoms with Gasteiger partial charge in [-0.2, -0.15) is 0 Å². The van der Waals surface area contributed by atoms with Gasteiger partial charge in [-0.3, -0.25) is 29.1 Å². The molecule has 0 fully saturated rings. The summed E-state index contributed by atoms with van der Waals surface area (Å²) >= 11 is 9.49. The number of nitrogens with zero attached hydrogens (tertiary/aromatic N) is 2. The van der Waals surface area contributed by atoms with Gasteiger partial charge in [0.1, 0.15) is 19.0 Å². The van der Waals surface area contributed by atoms with Gasteiger partial charge in [0.2, 0.25) is 11.6 Å². The van der Waals surface area contributed by atoms with Crippen molar-refractivity contribution in [1.29, 1.82) is 0 Å². The number of nitrogens with one attached hydrogen (secondary N) is 2. The van der Waals surface area contributed by atoms with Gasteiger partial charge in [-0.05, 0) is 107 Å². The Balaban J connectivity index is 0.000000201. The van der Waals surface area contributed by atoms with Gasteiger partial charge in [-0.25, -0.2) is 8.78 Å². The molecular weight excluding hydrogens is 1270 g/mol. The van der Waals surface area contributed by atoms with Crippen LogP contribution in [0, 0.1) is 11.6 Å². The second-order valence-electron chi connectivity index (χ2n) is 20.3. The Hall–Kier alpha value is -10.5.